The standard InChI is InChI=1S/C21H29IO/c1-15(2)7-9-18-13-20(22)14-19(10-8-16(3)4)21(18)23-12-11-17(5)6/h7-8,11,13-14H,9-10,12H2,1-6H3. The van der Waals surface area contributed by atoms with Crippen LogP contribution in [0.1, 0.15) is 52.7 Å². The van der Waals surface area contributed by atoms with Crippen LogP contribution in [-0.4, -0.2) is 6.61 Å². The van der Waals surface area contributed by atoms with Crippen LogP contribution in [0, 0.1) is 3.57 Å². The first-order valence-electron chi connectivity index (χ1n) is 8.13. The maximum Gasteiger partial charge on any atom is 0.126 e. The molecule has 0 aliphatic carbocycles. The molecule has 0 saturated carbocycles. The highest BCUT2D eigenvalue weighted by Gasteiger charge is 2.10. The molecule has 0 bridgehead atoms. The van der Waals surface area contributed by atoms with Gasteiger partial charge < -0.3 is 4.74 Å². The number of ether oxygens (including phenoxy) is 1. The van der Waals surface area contributed by atoms with Gasteiger partial charge >= 0.3 is 0 Å². The Balaban J connectivity index is 3.21. The Kier molecular flexibility index (Phi) is 8.67. The van der Waals surface area contributed by atoms with Crippen LogP contribution in [0.4, 0.5) is 0 Å². The number of hydrogen-bond acceptors (Lipinski definition) is 1. The Hall–Kier alpha value is -1.03. The fraction of sp³-hybridized carbons (Fsp3) is 0.429. The van der Waals surface area contributed by atoms with Gasteiger partial charge in [-0.2, -0.15) is 0 Å². The van der Waals surface area contributed by atoms with Crippen LogP contribution >= 0.6 is 22.6 Å². The van der Waals surface area contributed by atoms with E-state index in [2.05, 4.69) is 94.5 Å². The molecule has 0 aliphatic heterocycles. The highest BCUT2D eigenvalue weighted by Crippen LogP contribution is 2.29. The summed E-state index contributed by atoms with van der Waals surface area (Å²) in [6.45, 7) is 13.4. The average Bonchev–Trinajstić information content (AvgIpc) is 2.44. The summed E-state index contributed by atoms with van der Waals surface area (Å²) in [7, 11) is 0. The van der Waals surface area contributed by atoms with Crippen molar-refractivity contribution < 1.29 is 4.74 Å². The molecule has 0 radical (unpaired) electrons. The SMILES string of the molecule is CC(C)=CCOc1c(CC=C(C)C)cc(I)cc1CC=C(C)C. The lowest BCUT2D eigenvalue weighted by Gasteiger charge is -2.15. The van der Waals surface area contributed by atoms with E-state index in [1.54, 1.807) is 0 Å². The number of rotatable bonds is 7. The summed E-state index contributed by atoms with van der Waals surface area (Å²) < 4.78 is 7.43. The third-order valence-electron chi connectivity index (χ3n) is 3.39. The molecule has 0 aromatic heterocycles. The van der Waals surface area contributed by atoms with Crippen LogP contribution < -0.4 is 4.74 Å². The van der Waals surface area contributed by atoms with E-state index in [0.717, 1.165) is 18.6 Å². The second-order valence-electron chi connectivity index (χ2n) is 6.62. The Bertz CT molecular complexity index is 568. The normalized spacial score (nSPS) is 10.0. The number of benzene rings is 1. The highest BCUT2D eigenvalue weighted by atomic mass is 127. The van der Waals surface area contributed by atoms with Crippen LogP contribution in [0.5, 0.6) is 5.75 Å². The average molecular weight is 424 g/mol. The fourth-order valence-electron chi connectivity index (χ4n) is 2.12. The van der Waals surface area contributed by atoms with Crippen molar-refractivity contribution in [1.82, 2.24) is 0 Å². The van der Waals surface area contributed by atoms with E-state index in [9.17, 15) is 0 Å². The van der Waals surface area contributed by atoms with Crippen molar-refractivity contribution in [3.63, 3.8) is 0 Å². The summed E-state index contributed by atoms with van der Waals surface area (Å²) in [5.74, 6) is 1.05. The molecule has 2 heteroatoms. The van der Waals surface area contributed by atoms with Gasteiger partial charge in [0.25, 0.3) is 0 Å². The van der Waals surface area contributed by atoms with Gasteiger partial charge in [-0.05, 0) is 106 Å². The summed E-state index contributed by atoms with van der Waals surface area (Å²) in [4.78, 5) is 0. The summed E-state index contributed by atoms with van der Waals surface area (Å²) in [5.41, 5.74) is 6.51. The van der Waals surface area contributed by atoms with Crippen LogP contribution in [0.15, 0.2) is 47.1 Å². The molecule has 1 aromatic rings. The molecule has 1 aromatic carbocycles. The van der Waals surface area contributed by atoms with Gasteiger partial charge in [-0.25, -0.2) is 0 Å². The molecule has 0 saturated heterocycles. The van der Waals surface area contributed by atoms with Crippen LogP contribution in [0.2, 0.25) is 0 Å². The molecule has 1 nitrogen and oxygen atoms in total. The van der Waals surface area contributed by atoms with Gasteiger partial charge in [-0.3, -0.25) is 0 Å². The maximum absolute atomic E-state index is 6.16. The first-order valence-corrected chi connectivity index (χ1v) is 9.21. The fourth-order valence-corrected chi connectivity index (χ4v) is 2.87. The van der Waals surface area contributed by atoms with Gasteiger partial charge in [-0.1, -0.05) is 28.9 Å². The molecular formula is C21H29IO. The molecule has 0 spiro atoms. The summed E-state index contributed by atoms with van der Waals surface area (Å²) >= 11 is 2.40. The summed E-state index contributed by atoms with van der Waals surface area (Å²) in [6, 6.07) is 4.48. The molecule has 126 valence electrons. The Morgan fingerprint density at radius 2 is 1.26 bits per heavy atom. The van der Waals surface area contributed by atoms with E-state index >= 15 is 0 Å². The van der Waals surface area contributed by atoms with E-state index in [0.29, 0.717) is 6.61 Å². The second-order valence-corrected chi connectivity index (χ2v) is 7.86. The first-order chi connectivity index (χ1) is 10.8. The third kappa shape index (κ3) is 7.87. The third-order valence-corrected chi connectivity index (χ3v) is 4.01. The van der Waals surface area contributed by atoms with Crippen molar-refractivity contribution >= 4 is 22.6 Å². The lowest BCUT2D eigenvalue weighted by Crippen LogP contribution is -2.03. The molecule has 0 amide bonds. The number of hydrogen-bond donors (Lipinski definition) is 0. The van der Waals surface area contributed by atoms with Gasteiger partial charge in [0.15, 0.2) is 0 Å². The predicted molar refractivity (Wildman–Crippen MR) is 110 cm³/mol. The lowest BCUT2D eigenvalue weighted by molar-refractivity contribution is 0.355. The molecule has 1 rings (SSSR count). The van der Waals surface area contributed by atoms with Crippen LogP contribution in [0.25, 0.3) is 0 Å². The van der Waals surface area contributed by atoms with E-state index in [1.807, 2.05) is 0 Å². The molecule has 0 atom stereocenters. The monoisotopic (exact) mass is 424 g/mol. The second kappa shape index (κ2) is 9.96. The van der Waals surface area contributed by atoms with Gasteiger partial charge in [-0.15, -0.1) is 0 Å². The van der Waals surface area contributed by atoms with Crippen molar-refractivity contribution in [1.29, 1.82) is 0 Å². The molecular weight excluding hydrogens is 395 g/mol. The topological polar surface area (TPSA) is 9.23 Å². The molecule has 0 N–H and O–H groups in total. The largest absolute Gasteiger partial charge is 0.489 e. The molecule has 0 fully saturated rings. The predicted octanol–water partition coefficient (Wildman–Crippen LogP) is 6.65. The molecule has 23 heavy (non-hydrogen) atoms. The minimum absolute atomic E-state index is 0.632. The summed E-state index contributed by atoms with van der Waals surface area (Å²) in [6.07, 6.45) is 8.51. The zero-order valence-corrected chi connectivity index (χ0v) is 17.5. The first kappa shape index (κ1) is 20.0. The van der Waals surface area contributed by atoms with E-state index in [-0.39, 0.29) is 0 Å². The van der Waals surface area contributed by atoms with Gasteiger partial charge in [0.2, 0.25) is 0 Å². The zero-order chi connectivity index (χ0) is 17.4. The van der Waals surface area contributed by atoms with Gasteiger partial charge in [0, 0.05) is 3.57 Å². The zero-order valence-electron chi connectivity index (χ0n) is 15.3. The molecule has 0 unspecified atom stereocenters. The van der Waals surface area contributed by atoms with Crippen LogP contribution in [0.3, 0.4) is 0 Å². The van der Waals surface area contributed by atoms with E-state index < -0.39 is 0 Å². The van der Waals surface area contributed by atoms with Crippen molar-refractivity contribution in [3.8, 4) is 5.75 Å². The van der Waals surface area contributed by atoms with Gasteiger partial charge in [0.05, 0.1) is 0 Å². The van der Waals surface area contributed by atoms with Crippen molar-refractivity contribution in [2.24, 2.45) is 0 Å². The van der Waals surface area contributed by atoms with Crippen molar-refractivity contribution in [3.05, 3.63) is 61.8 Å². The van der Waals surface area contributed by atoms with Crippen molar-refractivity contribution in [2.45, 2.75) is 54.4 Å². The molecule has 0 aliphatic rings. The van der Waals surface area contributed by atoms with Gasteiger partial charge in [0.1, 0.15) is 12.4 Å². The number of halogens is 1. The van der Waals surface area contributed by atoms with Crippen LogP contribution in [-0.2, 0) is 12.8 Å². The maximum atomic E-state index is 6.16. The molecule has 0 heterocycles. The quantitative estimate of drug-likeness (QED) is 0.352. The number of allylic oxidation sites excluding steroid dienone is 5. The Morgan fingerprint density at radius 1 is 0.826 bits per heavy atom. The van der Waals surface area contributed by atoms with Crippen molar-refractivity contribution in [2.75, 3.05) is 6.61 Å². The minimum Gasteiger partial charge on any atom is -0.489 e. The summed E-state index contributed by atoms with van der Waals surface area (Å²) in [5, 5.41) is 0. The Morgan fingerprint density at radius 3 is 1.65 bits per heavy atom. The smallest absolute Gasteiger partial charge is 0.126 e. The highest BCUT2D eigenvalue weighted by molar-refractivity contribution is 14.1. The van der Waals surface area contributed by atoms with E-state index in [1.165, 1.54) is 31.4 Å². The Labute approximate surface area is 155 Å². The lowest BCUT2D eigenvalue weighted by atomic mass is 10.0. The van der Waals surface area contributed by atoms with E-state index in [4.69, 9.17) is 4.74 Å². The minimum atomic E-state index is 0.632.